The molecule has 6 nitrogen and oxygen atoms in total. The van der Waals surface area contributed by atoms with Crippen molar-refractivity contribution < 1.29 is 9.53 Å². The highest BCUT2D eigenvalue weighted by molar-refractivity contribution is 7.03. The van der Waals surface area contributed by atoms with Crippen molar-refractivity contribution in [1.29, 1.82) is 0 Å². The first-order chi connectivity index (χ1) is 11.3. The SMILES string of the molecule is O=C(c1csnn1)N1CCC2(CC1)OCCNc1ccccc12. The first-order valence-corrected chi connectivity index (χ1v) is 8.66. The number of hydrogen-bond acceptors (Lipinski definition) is 6. The van der Waals surface area contributed by atoms with Gasteiger partial charge in [-0.05, 0) is 30.4 Å². The highest BCUT2D eigenvalue weighted by Gasteiger charge is 2.41. The van der Waals surface area contributed by atoms with Gasteiger partial charge in [-0.25, -0.2) is 0 Å². The second-order valence-corrected chi connectivity index (χ2v) is 6.51. The van der Waals surface area contributed by atoms with E-state index in [0.29, 0.717) is 25.4 Å². The predicted octanol–water partition coefficient (Wildman–Crippen LogP) is 2.11. The van der Waals surface area contributed by atoms with Gasteiger partial charge in [-0.1, -0.05) is 22.7 Å². The first-order valence-electron chi connectivity index (χ1n) is 7.82. The molecule has 0 aliphatic carbocycles. The highest BCUT2D eigenvalue weighted by Crippen LogP contribution is 2.41. The zero-order chi connectivity index (χ0) is 15.7. The van der Waals surface area contributed by atoms with Crippen LogP contribution in [0.2, 0.25) is 0 Å². The van der Waals surface area contributed by atoms with E-state index in [0.717, 1.165) is 25.1 Å². The van der Waals surface area contributed by atoms with E-state index in [2.05, 4.69) is 33.1 Å². The monoisotopic (exact) mass is 330 g/mol. The minimum atomic E-state index is -0.294. The molecular formula is C16H18N4O2S. The number of likely N-dealkylation sites (tertiary alicyclic amines) is 1. The number of aromatic nitrogens is 2. The largest absolute Gasteiger partial charge is 0.382 e. The fraction of sp³-hybridized carbons (Fsp3) is 0.438. The van der Waals surface area contributed by atoms with Crippen LogP contribution in [0, 0.1) is 0 Å². The van der Waals surface area contributed by atoms with Gasteiger partial charge in [0, 0.05) is 36.3 Å². The number of anilines is 1. The summed E-state index contributed by atoms with van der Waals surface area (Å²) in [6, 6.07) is 8.33. The average molecular weight is 330 g/mol. The Kier molecular flexibility index (Phi) is 3.74. The third-order valence-electron chi connectivity index (χ3n) is 4.65. The number of piperidine rings is 1. The lowest BCUT2D eigenvalue weighted by Gasteiger charge is -2.41. The van der Waals surface area contributed by atoms with Gasteiger partial charge in [0.2, 0.25) is 0 Å². The molecule has 0 saturated carbocycles. The number of rotatable bonds is 1. The van der Waals surface area contributed by atoms with E-state index in [-0.39, 0.29) is 11.5 Å². The predicted molar refractivity (Wildman–Crippen MR) is 87.6 cm³/mol. The molecule has 120 valence electrons. The number of nitrogens with zero attached hydrogens (tertiary/aromatic N) is 3. The average Bonchev–Trinajstić information content (AvgIpc) is 3.08. The zero-order valence-electron chi connectivity index (χ0n) is 12.7. The number of carbonyl (C=O) groups excluding carboxylic acids is 1. The molecule has 0 unspecified atom stereocenters. The summed E-state index contributed by atoms with van der Waals surface area (Å²) in [6.07, 6.45) is 1.60. The molecular weight excluding hydrogens is 312 g/mol. The Morgan fingerprint density at radius 1 is 1.30 bits per heavy atom. The fourth-order valence-corrected chi connectivity index (χ4v) is 3.88. The van der Waals surface area contributed by atoms with Gasteiger partial charge in [0.1, 0.15) is 0 Å². The number of ether oxygens (including phenoxy) is 1. The molecule has 1 aromatic heterocycles. The molecule has 0 atom stereocenters. The number of para-hydroxylation sites is 1. The number of amides is 1. The Hall–Kier alpha value is -1.99. The van der Waals surface area contributed by atoms with Crippen molar-refractivity contribution in [2.24, 2.45) is 0 Å². The van der Waals surface area contributed by atoms with Crippen molar-refractivity contribution in [3.63, 3.8) is 0 Å². The lowest BCUT2D eigenvalue weighted by molar-refractivity contribution is -0.0787. The Labute approximate surface area is 138 Å². The fourth-order valence-electron chi connectivity index (χ4n) is 3.45. The van der Waals surface area contributed by atoms with Crippen LogP contribution in [0.3, 0.4) is 0 Å². The number of carbonyl (C=O) groups is 1. The molecule has 1 N–H and O–H groups in total. The number of hydrogen-bond donors (Lipinski definition) is 1. The van der Waals surface area contributed by atoms with Crippen LogP contribution in [0.25, 0.3) is 0 Å². The third-order valence-corrected chi connectivity index (χ3v) is 5.16. The summed E-state index contributed by atoms with van der Waals surface area (Å²) in [5.74, 6) is -0.0337. The van der Waals surface area contributed by atoms with Crippen LogP contribution in [-0.2, 0) is 10.3 Å². The summed E-state index contributed by atoms with van der Waals surface area (Å²) >= 11 is 1.21. The summed E-state index contributed by atoms with van der Waals surface area (Å²) in [4.78, 5) is 14.3. The molecule has 4 rings (SSSR count). The maximum atomic E-state index is 12.4. The second kappa shape index (κ2) is 5.90. The maximum Gasteiger partial charge on any atom is 0.275 e. The minimum Gasteiger partial charge on any atom is -0.382 e. The van der Waals surface area contributed by atoms with Crippen LogP contribution in [0.5, 0.6) is 0 Å². The second-order valence-electron chi connectivity index (χ2n) is 5.90. The smallest absolute Gasteiger partial charge is 0.275 e. The van der Waals surface area contributed by atoms with Crippen molar-refractivity contribution in [3.05, 3.63) is 40.9 Å². The molecule has 7 heteroatoms. The summed E-state index contributed by atoms with van der Waals surface area (Å²) in [7, 11) is 0. The minimum absolute atomic E-state index is 0.0337. The molecule has 1 aromatic carbocycles. The molecule has 2 aromatic rings. The first kappa shape index (κ1) is 14.6. The van der Waals surface area contributed by atoms with Crippen molar-refractivity contribution in [3.8, 4) is 0 Å². The van der Waals surface area contributed by atoms with Gasteiger partial charge < -0.3 is 15.0 Å². The van der Waals surface area contributed by atoms with Gasteiger partial charge >= 0.3 is 0 Å². The van der Waals surface area contributed by atoms with Gasteiger partial charge in [0.25, 0.3) is 5.91 Å². The van der Waals surface area contributed by atoms with Crippen LogP contribution >= 0.6 is 11.5 Å². The third kappa shape index (κ3) is 2.60. The Bertz CT molecular complexity index is 696. The molecule has 2 aliphatic rings. The quantitative estimate of drug-likeness (QED) is 0.867. The number of fused-ring (bicyclic) bond motifs is 2. The molecule has 1 fully saturated rings. The lowest BCUT2D eigenvalue weighted by atomic mass is 9.83. The molecule has 1 amide bonds. The number of benzene rings is 1. The van der Waals surface area contributed by atoms with Gasteiger partial charge in [0.15, 0.2) is 5.69 Å². The summed E-state index contributed by atoms with van der Waals surface area (Å²) < 4.78 is 10.0. The molecule has 23 heavy (non-hydrogen) atoms. The summed E-state index contributed by atoms with van der Waals surface area (Å²) in [5, 5.41) is 9.02. The van der Waals surface area contributed by atoms with E-state index in [1.807, 2.05) is 11.0 Å². The van der Waals surface area contributed by atoms with E-state index >= 15 is 0 Å². The Balaban J connectivity index is 1.56. The van der Waals surface area contributed by atoms with E-state index in [1.54, 1.807) is 5.38 Å². The number of nitrogens with one attached hydrogen (secondary N) is 1. The zero-order valence-corrected chi connectivity index (χ0v) is 13.5. The van der Waals surface area contributed by atoms with Crippen LogP contribution in [0.1, 0.15) is 28.9 Å². The van der Waals surface area contributed by atoms with Crippen LogP contribution in [-0.4, -0.2) is 46.6 Å². The molecule has 0 bridgehead atoms. The molecule has 0 radical (unpaired) electrons. The van der Waals surface area contributed by atoms with E-state index in [4.69, 9.17) is 4.74 Å². The molecule has 1 spiro atoms. The van der Waals surface area contributed by atoms with Crippen molar-refractivity contribution in [2.45, 2.75) is 18.4 Å². The van der Waals surface area contributed by atoms with Crippen LogP contribution < -0.4 is 5.32 Å². The Morgan fingerprint density at radius 3 is 2.91 bits per heavy atom. The van der Waals surface area contributed by atoms with Gasteiger partial charge in [-0.2, -0.15) is 0 Å². The van der Waals surface area contributed by atoms with Crippen molar-refractivity contribution in [2.75, 3.05) is 31.6 Å². The summed E-state index contributed by atoms with van der Waals surface area (Å²) in [5.41, 5.74) is 2.50. The summed E-state index contributed by atoms with van der Waals surface area (Å²) in [6.45, 7) is 2.83. The van der Waals surface area contributed by atoms with E-state index < -0.39 is 0 Å². The van der Waals surface area contributed by atoms with Crippen molar-refractivity contribution in [1.82, 2.24) is 14.5 Å². The van der Waals surface area contributed by atoms with Crippen LogP contribution in [0.15, 0.2) is 29.6 Å². The van der Waals surface area contributed by atoms with E-state index in [1.165, 1.54) is 17.1 Å². The van der Waals surface area contributed by atoms with Crippen LogP contribution in [0.4, 0.5) is 5.69 Å². The normalized spacial score (nSPS) is 19.7. The lowest BCUT2D eigenvalue weighted by Crippen LogP contribution is -2.46. The molecule has 1 saturated heterocycles. The topological polar surface area (TPSA) is 67.4 Å². The van der Waals surface area contributed by atoms with Gasteiger partial charge in [-0.15, -0.1) is 5.10 Å². The Morgan fingerprint density at radius 2 is 2.13 bits per heavy atom. The maximum absolute atomic E-state index is 12.4. The van der Waals surface area contributed by atoms with Gasteiger partial charge in [-0.3, -0.25) is 4.79 Å². The van der Waals surface area contributed by atoms with Gasteiger partial charge in [0.05, 0.1) is 12.2 Å². The molecule has 2 aliphatic heterocycles. The van der Waals surface area contributed by atoms with Crippen molar-refractivity contribution >= 4 is 23.1 Å². The standard InChI is InChI=1S/C16H18N4O2S/c21-15(14-11-23-19-18-14)20-8-5-16(6-9-20)12-3-1-2-4-13(12)17-7-10-22-16/h1-4,11,17H,5-10H2. The highest BCUT2D eigenvalue weighted by atomic mass is 32.1. The van der Waals surface area contributed by atoms with E-state index in [9.17, 15) is 4.79 Å². The molecule has 3 heterocycles.